The minimum absolute atomic E-state index is 0.0843. The van der Waals surface area contributed by atoms with E-state index in [9.17, 15) is 10.1 Å². The molecule has 1 fully saturated rings. The Bertz CT molecular complexity index is 634. The number of non-ortho nitro benzene ring substituents is 1. The molecule has 7 heteroatoms. The van der Waals surface area contributed by atoms with Crippen LogP contribution in [0.4, 0.5) is 5.69 Å². The maximum absolute atomic E-state index is 10.8. The van der Waals surface area contributed by atoms with E-state index in [4.69, 9.17) is 4.74 Å². The second kappa shape index (κ2) is 6.19. The molecule has 7 nitrogen and oxygen atoms in total. The maximum Gasteiger partial charge on any atom is 0.271 e. The first kappa shape index (κ1) is 14.0. The van der Waals surface area contributed by atoms with Gasteiger partial charge in [-0.1, -0.05) is 0 Å². The number of rotatable bonds is 5. The number of nitrogens with zero attached hydrogens (tertiary/aromatic N) is 4. The summed E-state index contributed by atoms with van der Waals surface area (Å²) in [4.78, 5) is 17.0. The molecule has 2 aromatic rings. The summed E-state index contributed by atoms with van der Waals surface area (Å²) < 4.78 is 7.38. The Labute approximate surface area is 122 Å². The predicted molar refractivity (Wildman–Crippen MR) is 78.3 cm³/mol. The molecule has 1 aromatic heterocycles. The molecule has 0 saturated carbocycles. The minimum atomic E-state index is -0.392. The zero-order valence-electron chi connectivity index (χ0n) is 11.8. The van der Waals surface area contributed by atoms with Gasteiger partial charge in [0.1, 0.15) is 0 Å². The number of aromatic nitrogens is 2. The molecule has 0 radical (unpaired) electrons. The predicted octanol–water partition coefficient (Wildman–Crippen LogP) is 1.67. The van der Waals surface area contributed by atoms with Crippen molar-refractivity contribution in [3.8, 4) is 0 Å². The topological polar surface area (TPSA) is 73.4 Å². The number of fused-ring (bicyclic) bond motifs is 1. The Morgan fingerprint density at radius 2 is 2.10 bits per heavy atom. The summed E-state index contributed by atoms with van der Waals surface area (Å²) in [6, 6.07) is 4.82. The van der Waals surface area contributed by atoms with E-state index in [0.29, 0.717) is 5.52 Å². The highest BCUT2D eigenvalue weighted by atomic mass is 16.6. The van der Waals surface area contributed by atoms with Crippen molar-refractivity contribution >= 4 is 16.7 Å². The lowest BCUT2D eigenvalue weighted by molar-refractivity contribution is -0.384. The molecule has 0 unspecified atom stereocenters. The molecule has 21 heavy (non-hydrogen) atoms. The van der Waals surface area contributed by atoms with E-state index in [-0.39, 0.29) is 5.69 Å². The van der Waals surface area contributed by atoms with Gasteiger partial charge in [-0.2, -0.15) is 0 Å². The third-order valence-corrected chi connectivity index (χ3v) is 3.79. The molecular weight excluding hydrogens is 272 g/mol. The second-order valence-electron chi connectivity index (χ2n) is 5.18. The van der Waals surface area contributed by atoms with Gasteiger partial charge in [-0.3, -0.25) is 15.0 Å². The molecule has 2 heterocycles. The fraction of sp³-hybridized carbons (Fsp3) is 0.500. The van der Waals surface area contributed by atoms with Crippen LogP contribution in [0.1, 0.15) is 6.42 Å². The first-order chi connectivity index (χ1) is 10.2. The van der Waals surface area contributed by atoms with Gasteiger partial charge in [-0.05, 0) is 12.5 Å². The highest BCUT2D eigenvalue weighted by Gasteiger charge is 2.11. The molecule has 3 rings (SSSR count). The van der Waals surface area contributed by atoms with Crippen LogP contribution >= 0.6 is 0 Å². The summed E-state index contributed by atoms with van der Waals surface area (Å²) in [5.41, 5.74) is 1.71. The summed E-state index contributed by atoms with van der Waals surface area (Å²) in [5.74, 6) is 0. The van der Waals surface area contributed by atoms with Gasteiger partial charge in [0.15, 0.2) is 0 Å². The van der Waals surface area contributed by atoms with Gasteiger partial charge < -0.3 is 9.30 Å². The lowest BCUT2D eigenvalue weighted by Gasteiger charge is -2.26. The van der Waals surface area contributed by atoms with Crippen LogP contribution in [0.15, 0.2) is 24.5 Å². The van der Waals surface area contributed by atoms with Crippen LogP contribution in [0.3, 0.4) is 0 Å². The van der Waals surface area contributed by atoms with Crippen molar-refractivity contribution in [2.45, 2.75) is 13.0 Å². The van der Waals surface area contributed by atoms with Gasteiger partial charge in [-0.25, -0.2) is 4.98 Å². The van der Waals surface area contributed by atoms with E-state index < -0.39 is 4.92 Å². The van der Waals surface area contributed by atoms with E-state index in [1.165, 1.54) is 12.1 Å². The van der Waals surface area contributed by atoms with E-state index in [1.54, 1.807) is 12.4 Å². The average Bonchev–Trinajstić information content (AvgIpc) is 2.91. The van der Waals surface area contributed by atoms with Crippen molar-refractivity contribution in [2.24, 2.45) is 0 Å². The van der Waals surface area contributed by atoms with Gasteiger partial charge in [0.05, 0.1) is 35.5 Å². The van der Waals surface area contributed by atoms with Crippen molar-refractivity contribution < 1.29 is 9.66 Å². The van der Waals surface area contributed by atoms with Crippen LogP contribution in [-0.2, 0) is 11.3 Å². The number of morpholine rings is 1. The number of hydrogen-bond acceptors (Lipinski definition) is 5. The molecule has 1 saturated heterocycles. The number of hydrogen-bond donors (Lipinski definition) is 0. The van der Waals surface area contributed by atoms with Crippen LogP contribution in [-0.4, -0.2) is 52.2 Å². The number of aryl methyl sites for hydroxylation is 1. The third-order valence-electron chi connectivity index (χ3n) is 3.79. The van der Waals surface area contributed by atoms with Crippen molar-refractivity contribution in [1.82, 2.24) is 14.5 Å². The molecule has 1 aromatic carbocycles. The molecule has 0 aliphatic carbocycles. The Balaban J connectivity index is 1.63. The highest BCUT2D eigenvalue weighted by molar-refractivity contribution is 5.77. The zero-order chi connectivity index (χ0) is 14.7. The van der Waals surface area contributed by atoms with E-state index in [0.717, 1.165) is 51.3 Å². The van der Waals surface area contributed by atoms with E-state index >= 15 is 0 Å². The zero-order valence-corrected chi connectivity index (χ0v) is 11.8. The van der Waals surface area contributed by atoms with Crippen molar-refractivity contribution in [3.63, 3.8) is 0 Å². The van der Waals surface area contributed by atoms with Crippen LogP contribution in [0, 0.1) is 10.1 Å². The normalized spacial score (nSPS) is 16.4. The standard InChI is InChI=1S/C14H18N4O3/c19-18(20)12-2-3-14-13(10-12)15-11-17(14)5-1-4-16-6-8-21-9-7-16/h2-3,10-11H,1,4-9H2. The Kier molecular flexibility index (Phi) is 4.12. The molecule has 0 atom stereocenters. The first-order valence-corrected chi connectivity index (χ1v) is 7.13. The first-order valence-electron chi connectivity index (χ1n) is 7.13. The summed E-state index contributed by atoms with van der Waals surface area (Å²) in [6.45, 7) is 5.53. The largest absolute Gasteiger partial charge is 0.379 e. The lowest BCUT2D eigenvalue weighted by atomic mass is 10.2. The van der Waals surface area contributed by atoms with Crippen molar-refractivity contribution in [3.05, 3.63) is 34.6 Å². The number of ether oxygens (including phenoxy) is 1. The van der Waals surface area contributed by atoms with Crippen LogP contribution in [0.25, 0.3) is 11.0 Å². The number of benzene rings is 1. The molecule has 1 aliphatic rings. The number of imidazole rings is 1. The summed E-state index contributed by atoms with van der Waals surface area (Å²) in [6.07, 6.45) is 2.79. The van der Waals surface area contributed by atoms with Crippen LogP contribution in [0.2, 0.25) is 0 Å². The van der Waals surface area contributed by atoms with E-state index in [2.05, 4.69) is 14.5 Å². The van der Waals surface area contributed by atoms with Gasteiger partial charge in [0.2, 0.25) is 0 Å². The monoisotopic (exact) mass is 290 g/mol. The van der Waals surface area contributed by atoms with Crippen LogP contribution < -0.4 is 0 Å². The van der Waals surface area contributed by atoms with Crippen molar-refractivity contribution in [2.75, 3.05) is 32.8 Å². The summed E-state index contributed by atoms with van der Waals surface area (Å²) in [7, 11) is 0. The smallest absolute Gasteiger partial charge is 0.271 e. The quantitative estimate of drug-likeness (QED) is 0.618. The fourth-order valence-electron chi connectivity index (χ4n) is 2.63. The van der Waals surface area contributed by atoms with Crippen LogP contribution in [0.5, 0.6) is 0 Å². The molecule has 0 spiro atoms. The van der Waals surface area contributed by atoms with Gasteiger partial charge >= 0.3 is 0 Å². The molecule has 112 valence electrons. The second-order valence-corrected chi connectivity index (χ2v) is 5.18. The van der Waals surface area contributed by atoms with Gasteiger partial charge in [-0.15, -0.1) is 0 Å². The average molecular weight is 290 g/mol. The van der Waals surface area contributed by atoms with E-state index in [1.807, 2.05) is 0 Å². The third kappa shape index (κ3) is 3.20. The Hall–Kier alpha value is -1.99. The number of nitro groups is 1. The highest BCUT2D eigenvalue weighted by Crippen LogP contribution is 2.20. The molecule has 1 aliphatic heterocycles. The maximum atomic E-state index is 10.8. The molecule has 0 N–H and O–H groups in total. The summed E-state index contributed by atoms with van der Waals surface area (Å²) in [5, 5.41) is 10.8. The fourth-order valence-corrected chi connectivity index (χ4v) is 2.63. The molecule has 0 bridgehead atoms. The SMILES string of the molecule is O=[N+]([O-])c1ccc2c(c1)ncn2CCCN1CCOCC1. The Morgan fingerprint density at radius 3 is 2.86 bits per heavy atom. The lowest BCUT2D eigenvalue weighted by Crippen LogP contribution is -2.37. The number of nitro benzene ring substituents is 1. The van der Waals surface area contributed by atoms with Gasteiger partial charge in [0, 0.05) is 38.3 Å². The summed E-state index contributed by atoms with van der Waals surface area (Å²) >= 11 is 0. The molecule has 0 amide bonds. The Morgan fingerprint density at radius 1 is 1.29 bits per heavy atom. The molecular formula is C14H18N4O3. The minimum Gasteiger partial charge on any atom is -0.379 e. The van der Waals surface area contributed by atoms with Gasteiger partial charge in [0.25, 0.3) is 5.69 Å². The van der Waals surface area contributed by atoms with Crippen molar-refractivity contribution in [1.29, 1.82) is 0 Å².